The Morgan fingerprint density at radius 1 is 1.04 bits per heavy atom. The van der Waals surface area contributed by atoms with Gasteiger partial charge in [0.25, 0.3) is 0 Å². The predicted molar refractivity (Wildman–Crippen MR) is 105 cm³/mol. The Labute approximate surface area is 161 Å². The Bertz CT molecular complexity index is 1150. The summed E-state index contributed by atoms with van der Waals surface area (Å²) in [4.78, 5) is 36.1. The molecule has 1 atom stereocenters. The van der Waals surface area contributed by atoms with Gasteiger partial charge in [0.2, 0.25) is 5.91 Å². The second kappa shape index (κ2) is 7.14. The standard InChI is InChI=1S/C21H23NO6/c1-9(2)19(20(24)25)22-18(23)7-15-11(4)14-6-13-10(3)12(5)27-16(13)8-17(14)28-21(15)26/h6,8-9,19H,7H2,1-5H3,(H,22,23)(H,24,25). The predicted octanol–water partition coefficient (Wildman–Crippen LogP) is 3.23. The number of carbonyl (C=O) groups is 2. The normalized spacial score (nSPS) is 12.6. The molecule has 2 heterocycles. The monoisotopic (exact) mass is 385 g/mol. The summed E-state index contributed by atoms with van der Waals surface area (Å²) in [7, 11) is 0. The summed E-state index contributed by atoms with van der Waals surface area (Å²) in [6.45, 7) is 8.98. The van der Waals surface area contributed by atoms with Gasteiger partial charge in [0, 0.05) is 16.8 Å². The molecule has 2 N–H and O–H groups in total. The van der Waals surface area contributed by atoms with Crippen molar-refractivity contribution in [3.8, 4) is 0 Å². The van der Waals surface area contributed by atoms with Gasteiger partial charge in [-0.05, 0) is 43.9 Å². The van der Waals surface area contributed by atoms with Crippen molar-refractivity contribution in [3.63, 3.8) is 0 Å². The fraction of sp³-hybridized carbons (Fsp3) is 0.381. The number of hydrogen-bond acceptors (Lipinski definition) is 5. The van der Waals surface area contributed by atoms with Gasteiger partial charge in [-0.1, -0.05) is 13.8 Å². The van der Waals surface area contributed by atoms with Gasteiger partial charge in [0.1, 0.15) is 23.0 Å². The lowest BCUT2D eigenvalue weighted by Crippen LogP contribution is -2.45. The largest absolute Gasteiger partial charge is 0.480 e. The Morgan fingerprint density at radius 3 is 2.25 bits per heavy atom. The highest BCUT2D eigenvalue weighted by Gasteiger charge is 2.25. The van der Waals surface area contributed by atoms with Crippen molar-refractivity contribution in [2.45, 2.75) is 47.1 Å². The van der Waals surface area contributed by atoms with Crippen LogP contribution in [0.5, 0.6) is 0 Å². The zero-order valence-electron chi connectivity index (χ0n) is 16.5. The van der Waals surface area contributed by atoms with E-state index in [2.05, 4.69) is 5.32 Å². The maximum atomic E-state index is 12.5. The molecule has 1 amide bonds. The lowest BCUT2D eigenvalue weighted by molar-refractivity contribution is -0.143. The van der Waals surface area contributed by atoms with E-state index < -0.39 is 23.5 Å². The van der Waals surface area contributed by atoms with Gasteiger partial charge >= 0.3 is 11.6 Å². The third kappa shape index (κ3) is 3.40. The molecule has 0 radical (unpaired) electrons. The average Bonchev–Trinajstić information content (AvgIpc) is 2.88. The molecule has 0 fully saturated rings. The van der Waals surface area contributed by atoms with Crippen LogP contribution in [-0.4, -0.2) is 23.0 Å². The number of aliphatic carboxylic acids is 1. The quantitative estimate of drug-likeness (QED) is 0.653. The van der Waals surface area contributed by atoms with Gasteiger partial charge in [-0.2, -0.15) is 0 Å². The fourth-order valence-electron chi connectivity index (χ4n) is 3.33. The Hall–Kier alpha value is -3.09. The lowest BCUT2D eigenvalue weighted by Gasteiger charge is -2.18. The second-order valence-electron chi connectivity index (χ2n) is 7.43. The smallest absolute Gasteiger partial charge is 0.340 e. The first kappa shape index (κ1) is 19.7. The van der Waals surface area contributed by atoms with Crippen LogP contribution < -0.4 is 10.9 Å². The molecule has 0 aliphatic rings. The molecule has 28 heavy (non-hydrogen) atoms. The zero-order valence-corrected chi connectivity index (χ0v) is 16.5. The van der Waals surface area contributed by atoms with E-state index in [0.717, 1.165) is 22.1 Å². The summed E-state index contributed by atoms with van der Waals surface area (Å²) >= 11 is 0. The maximum Gasteiger partial charge on any atom is 0.340 e. The van der Waals surface area contributed by atoms with Crippen molar-refractivity contribution in [1.82, 2.24) is 5.32 Å². The van der Waals surface area contributed by atoms with Crippen LogP contribution in [0.2, 0.25) is 0 Å². The number of fused-ring (bicyclic) bond motifs is 2. The first-order valence-electron chi connectivity index (χ1n) is 9.08. The number of carbonyl (C=O) groups excluding carboxylic acids is 1. The van der Waals surface area contributed by atoms with Gasteiger partial charge in [0.05, 0.1) is 12.0 Å². The molecule has 0 spiro atoms. The number of rotatable bonds is 5. The molecule has 0 bridgehead atoms. The van der Waals surface area contributed by atoms with Crippen molar-refractivity contribution in [2.75, 3.05) is 0 Å². The highest BCUT2D eigenvalue weighted by Crippen LogP contribution is 2.31. The van der Waals surface area contributed by atoms with Crippen LogP contribution in [-0.2, 0) is 16.0 Å². The Kier molecular flexibility index (Phi) is 5.02. The Morgan fingerprint density at radius 2 is 1.64 bits per heavy atom. The second-order valence-corrected chi connectivity index (χ2v) is 7.43. The topological polar surface area (TPSA) is 110 Å². The molecule has 3 rings (SSSR count). The average molecular weight is 385 g/mol. The summed E-state index contributed by atoms with van der Waals surface area (Å²) in [6.07, 6.45) is -0.248. The molecule has 148 valence electrons. The van der Waals surface area contributed by atoms with Crippen LogP contribution in [0.25, 0.3) is 21.9 Å². The molecule has 7 nitrogen and oxygen atoms in total. The maximum absolute atomic E-state index is 12.5. The summed E-state index contributed by atoms with van der Waals surface area (Å²) in [5, 5.41) is 13.3. The van der Waals surface area contributed by atoms with Crippen LogP contribution >= 0.6 is 0 Å². The summed E-state index contributed by atoms with van der Waals surface area (Å²) in [5.41, 5.74) is 2.27. The van der Waals surface area contributed by atoms with Gasteiger partial charge in [-0.25, -0.2) is 9.59 Å². The van der Waals surface area contributed by atoms with E-state index in [1.165, 1.54) is 0 Å². The molecule has 1 aromatic carbocycles. The van der Waals surface area contributed by atoms with Gasteiger partial charge in [-0.15, -0.1) is 0 Å². The molecule has 0 aliphatic heterocycles. The summed E-state index contributed by atoms with van der Waals surface area (Å²) in [5.74, 6) is -1.14. The van der Waals surface area contributed by atoms with Crippen molar-refractivity contribution in [2.24, 2.45) is 5.92 Å². The van der Waals surface area contributed by atoms with Crippen molar-refractivity contribution in [3.05, 3.63) is 45.0 Å². The third-order valence-corrected chi connectivity index (χ3v) is 5.17. The first-order valence-corrected chi connectivity index (χ1v) is 9.08. The van der Waals surface area contributed by atoms with Crippen molar-refractivity contribution < 1.29 is 23.5 Å². The minimum atomic E-state index is -1.11. The van der Waals surface area contributed by atoms with E-state index in [0.29, 0.717) is 16.7 Å². The molecular formula is C21H23NO6. The lowest BCUT2D eigenvalue weighted by atomic mass is 10.0. The summed E-state index contributed by atoms with van der Waals surface area (Å²) < 4.78 is 11.1. The van der Waals surface area contributed by atoms with Crippen LogP contribution in [0.3, 0.4) is 0 Å². The number of aryl methyl sites for hydroxylation is 3. The molecule has 3 aromatic rings. The number of benzene rings is 1. The van der Waals surface area contributed by atoms with E-state index in [4.69, 9.17) is 8.83 Å². The summed E-state index contributed by atoms with van der Waals surface area (Å²) in [6, 6.07) is 2.56. The van der Waals surface area contributed by atoms with Crippen LogP contribution in [0.4, 0.5) is 0 Å². The highest BCUT2D eigenvalue weighted by atomic mass is 16.4. The SMILES string of the molecule is Cc1oc2cc3oc(=O)c(CC(=O)NC(C(=O)O)C(C)C)c(C)c3cc2c1C. The molecule has 2 aromatic heterocycles. The fourth-order valence-corrected chi connectivity index (χ4v) is 3.33. The molecule has 0 saturated heterocycles. The van der Waals surface area contributed by atoms with Crippen LogP contribution in [0.1, 0.15) is 36.3 Å². The molecule has 7 heteroatoms. The van der Waals surface area contributed by atoms with Gasteiger partial charge in [0.15, 0.2) is 0 Å². The number of carboxylic acids is 1. The molecule has 1 unspecified atom stereocenters. The molecular weight excluding hydrogens is 362 g/mol. The zero-order chi connectivity index (χ0) is 20.7. The molecule has 0 saturated carbocycles. The molecule has 0 aliphatic carbocycles. The number of furan rings is 1. The third-order valence-electron chi connectivity index (χ3n) is 5.17. The van der Waals surface area contributed by atoms with E-state index in [-0.39, 0.29) is 17.9 Å². The first-order chi connectivity index (χ1) is 13.1. The minimum absolute atomic E-state index is 0.218. The van der Waals surface area contributed by atoms with Crippen LogP contribution in [0, 0.1) is 26.7 Å². The number of hydrogen-bond donors (Lipinski definition) is 2. The van der Waals surface area contributed by atoms with Crippen LogP contribution in [0.15, 0.2) is 25.8 Å². The van der Waals surface area contributed by atoms with E-state index in [1.807, 2.05) is 19.9 Å². The number of nitrogens with one attached hydrogen (secondary N) is 1. The van der Waals surface area contributed by atoms with E-state index in [1.54, 1.807) is 26.8 Å². The van der Waals surface area contributed by atoms with E-state index >= 15 is 0 Å². The van der Waals surface area contributed by atoms with Crippen molar-refractivity contribution >= 4 is 33.8 Å². The Balaban J connectivity index is 2.02. The van der Waals surface area contributed by atoms with Crippen molar-refractivity contribution in [1.29, 1.82) is 0 Å². The number of carboxylic acid groups (broad SMARTS) is 1. The van der Waals surface area contributed by atoms with Gasteiger partial charge in [-0.3, -0.25) is 4.79 Å². The van der Waals surface area contributed by atoms with Gasteiger partial charge < -0.3 is 19.3 Å². The minimum Gasteiger partial charge on any atom is -0.480 e. The number of amides is 1. The highest BCUT2D eigenvalue weighted by molar-refractivity contribution is 5.97. The van der Waals surface area contributed by atoms with E-state index in [9.17, 15) is 19.5 Å².